The summed E-state index contributed by atoms with van der Waals surface area (Å²) in [5, 5.41) is 0. The molecule has 0 unspecified atom stereocenters. The highest BCUT2D eigenvalue weighted by atomic mass is 19.1. The number of halogens is 1. The van der Waals surface area contributed by atoms with E-state index in [1.165, 1.54) is 6.07 Å². The van der Waals surface area contributed by atoms with Gasteiger partial charge in [0.05, 0.1) is 5.41 Å². The molecule has 0 heterocycles. The minimum Gasteiger partial charge on any atom is -0.299 e. The van der Waals surface area contributed by atoms with E-state index < -0.39 is 5.41 Å². The molecular weight excluding hydrogens is 253 g/mol. The number of rotatable bonds is 2. The average molecular weight is 273 g/mol. The summed E-state index contributed by atoms with van der Waals surface area (Å²) < 4.78 is 13.9. The van der Waals surface area contributed by atoms with Crippen LogP contribution in [0.2, 0.25) is 0 Å². The number of nitrogens with zero attached hydrogens (tertiary/aromatic N) is 1. The number of aliphatic imine (C=N–C) groups is 1. The molecule has 20 heavy (non-hydrogen) atoms. The van der Waals surface area contributed by atoms with Gasteiger partial charge in [0.2, 0.25) is 0 Å². The molecule has 106 valence electrons. The molecule has 0 N–H and O–H groups in total. The van der Waals surface area contributed by atoms with E-state index in [0.29, 0.717) is 18.4 Å². The molecule has 1 atom stereocenters. The standard InChI is InChI=1S/C17H20FNO/c1-5-13-9-17(12(3)20,10-16(13)19-4)14-7-6-8-15(18)11(14)2/h5-8H,9-10H2,1-4H3/b13-5-,19-16?/t17-/m1/s1. The van der Waals surface area contributed by atoms with Crippen LogP contribution in [0.5, 0.6) is 0 Å². The van der Waals surface area contributed by atoms with Gasteiger partial charge in [-0.2, -0.15) is 0 Å². The molecule has 1 aromatic rings. The van der Waals surface area contributed by atoms with Crippen molar-refractivity contribution in [2.75, 3.05) is 7.05 Å². The number of allylic oxidation sites excluding steroid dienone is 2. The molecule has 0 aliphatic heterocycles. The monoisotopic (exact) mass is 273 g/mol. The lowest BCUT2D eigenvalue weighted by molar-refractivity contribution is -0.122. The maximum Gasteiger partial charge on any atom is 0.141 e. The summed E-state index contributed by atoms with van der Waals surface area (Å²) in [6.07, 6.45) is 3.17. The van der Waals surface area contributed by atoms with Crippen LogP contribution < -0.4 is 0 Å². The molecule has 1 aliphatic carbocycles. The van der Waals surface area contributed by atoms with Gasteiger partial charge in [0.25, 0.3) is 0 Å². The van der Waals surface area contributed by atoms with Gasteiger partial charge in [0, 0.05) is 19.2 Å². The van der Waals surface area contributed by atoms with E-state index in [9.17, 15) is 9.18 Å². The molecule has 1 aromatic carbocycles. The Bertz CT molecular complexity index is 593. The van der Waals surface area contributed by atoms with E-state index in [1.54, 1.807) is 27.0 Å². The number of hydrogen-bond acceptors (Lipinski definition) is 2. The fraction of sp³-hybridized carbons (Fsp3) is 0.412. The third kappa shape index (κ3) is 2.11. The summed E-state index contributed by atoms with van der Waals surface area (Å²) in [7, 11) is 1.74. The van der Waals surface area contributed by atoms with Crippen molar-refractivity contribution in [2.45, 2.75) is 39.0 Å². The lowest BCUT2D eigenvalue weighted by Crippen LogP contribution is -2.32. The zero-order valence-corrected chi connectivity index (χ0v) is 12.5. The topological polar surface area (TPSA) is 29.4 Å². The maximum absolute atomic E-state index is 13.9. The first-order chi connectivity index (χ1) is 9.46. The molecule has 1 aliphatic rings. The van der Waals surface area contributed by atoms with Crippen molar-refractivity contribution in [3.63, 3.8) is 0 Å². The van der Waals surface area contributed by atoms with Gasteiger partial charge in [-0.1, -0.05) is 18.2 Å². The first kappa shape index (κ1) is 14.6. The van der Waals surface area contributed by atoms with Crippen molar-refractivity contribution < 1.29 is 9.18 Å². The summed E-state index contributed by atoms with van der Waals surface area (Å²) in [4.78, 5) is 16.6. The van der Waals surface area contributed by atoms with Gasteiger partial charge in [0.15, 0.2) is 0 Å². The van der Waals surface area contributed by atoms with Crippen molar-refractivity contribution in [3.8, 4) is 0 Å². The Morgan fingerprint density at radius 3 is 2.60 bits per heavy atom. The normalized spacial score (nSPS) is 26.4. The lowest BCUT2D eigenvalue weighted by atomic mass is 9.73. The molecule has 0 spiro atoms. The van der Waals surface area contributed by atoms with Gasteiger partial charge >= 0.3 is 0 Å². The smallest absolute Gasteiger partial charge is 0.141 e. The average Bonchev–Trinajstić information content (AvgIpc) is 2.82. The molecule has 2 nitrogen and oxygen atoms in total. The Balaban J connectivity index is 2.65. The van der Waals surface area contributed by atoms with E-state index in [0.717, 1.165) is 16.8 Å². The van der Waals surface area contributed by atoms with E-state index in [-0.39, 0.29) is 11.6 Å². The van der Waals surface area contributed by atoms with Crippen LogP contribution in [0.4, 0.5) is 4.39 Å². The third-order valence-electron chi connectivity index (χ3n) is 4.41. The third-order valence-corrected chi connectivity index (χ3v) is 4.41. The second kappa shape index (κ2) is 5.31. The van der Waals surface area contributed by atoms with E-state index in [2.05, 4.69) is 4.99 Å². The zero-order chi connectivity index (χ0) is 14.9. The molecule has 1 fully saturated rings. The summed E-state index contributed by atoms with van der Waals surface area (Å²) in [6, 6.07) is 4.98. The van der Waals surface area contributed by atoms with Gasteiger partial charge < -0.3 is 0 Å². The molecule has 0 radical (unpaired) electrons. The zero-order valence-electron chi connectivity index (χ0n) is 12.5. The minimum atomic E-state index is -0.664. The number of Topliss-reactive ketones (excluding diaryl/α,β-unsaturated/α-hetero) is 1. The largest absolute Gasteiger partial charge is 0.299 e. The fourth-order valence-corrected chi connectivity index (χ4v) is 3.14. The van der Waals surface area contributed by atoms with Crippen LogP contribution in [-0.4, -0.2) is 18.5 Å². The van der Waals surface area contributed by atoms with Gasteiger partial charge in [-0.3, -0.25) is 9.79 Å². The molecule has 3 heteroatoms. The van der Waals surface area contributed by atoms with Crippen molar-refractivity contribution in [1.29, 1.82) is 0 Å². The quantitative estimate of drug-likeness (QED) is 0.806. The van der Waals surface area contributed by atoms with Gasteiger partial charge in [-0.05, 0) is 50.0 Å². The highest BCUT2D eigenvalue weighted by molar-refractivity contribution is 6.09. The van der Waals surface area contributed by atoms with Crippen LogP contribution in [0.25, 0.3) is 0 Å². The maximum atomic E-state index is 13.9. The number of carbonyl (C=O) groups excluding carboxylic acids is 1. The highest BCUT2D eigenvalue weighted by Gasteiger charge is 2.46. The highest BCUT2D eigenvalue weighted by Crippen LogP contribution is 2.44. The molecule has 1 saturated carbocycles. The minimum absolute atomic E-state index is 0.0733. The summed E-state index contributed by atoms with van der Waals surface area (Å²) in [5.41, 5.74) is 2.74. The predicted molar refractivity (Wildman–Crippen MR) is 79.8 cm³/mol. The Kier molecular flexibility index (Phi) is 3.89. The molecule has 0 saturated heterocycles. The Morgan fingerprint density at radius 1 is 1.40 bits per heavy atom. The summed E-state index contributed by atoms with van der Waals surface area (Å²) >= 11 is 0. The van der Waals surface area contributed by atoms with Crippen molar-refractivity contribution >= 4 is 11.5 Å². The number of ketones is 1. The molecular formula is C17H20FNO. The second-order valence-electron chi connectivity index (χ2n) is 5.39. The van der Waals surface area contributed by atoms with Gasteiger partial charge in [-0.15, -0.1) is 0 Å². The summed E-state index contributed by atoms with van der Waals surface area (Å²) in [5.74, 6) is -0.184. The fourth-order valence-electron chi connectivity index (χ4n) is 3.14. The van der Waals surface area contributed by atoms with Crippen LogP contribution in [0, 0.1) is 12.7 Å². The number of benzene rings is 1. The Morgan fingerprint density at radius 2 is 2.10 bits per heavy atom. The van der Waals surface area contributed by atoms with Gasteiger partial charge in [-0.25, -0.2) is 4.39 Å². The van der Waals surface area contributed by atoms with Crippen molar-refractivity contribution in [1.82, 2.24) is 0 Å². The van der Waals surface area contributed by atoms with Crippen LogP contribution >= 0.6 is 0 Å². The summed E-state index contributed by atoms with van der Waals surface area (Å²) in [6.45, 7) is 5.29. The second-order valence-corrected chi connectivity index (χ2v) is 5.39. The molecule has 0 aromatic heterocycles. The SMILES string of the molecule is C/C=C1/C[C@@](C(C)=O)(c2cccc(F)c2C)CC1=NC. The Hall–Kier alpha value is -1.77. The van der Waals surface area contributed by atoms with E-state index in [1.807, 2.05) is 19.1 Å². The molecule has 2 rings (SSSR count). The van der Waals surface area contributed by atoms with E-state index >= 15 is 0 Å². The Labute approximate surface area is 119 Å². The molecule has 0 bridgehead atoms. The molecule has 0 amide bonds. The van der Waals surface area contributed by atoms with Crippen LogP contribution in [0.15, 0.2) is 34.8 Å². The lowest BCUT2D eigenvalue weighted by Gasteiger charge is -2.27. The van der Waals surface area contributed by atoms with E-state index in [4.69, 9.17) is 0 Å². The van der Waals surface area contributed by atoms with Crippen LogP contribution in [0.3, 0.4) is 0 Å². The van der Waals surface area contributed by atoms with Crippen LogP contribution in [0.1, 0.15) is 37.8 Å². The first-order valence-corrected chi connectivity index (χ1v) is 6.84. The van der Waals surface area contributed by atoms with Gasteiger partial charge in [0.1, 0.15) is 11.6 Å². The van der Waals surface area contributed by atoms with Crippen molar-refractivity contribution in [3.05, 3.63) is 46.8 Å². The number of carbonyl (C=O) groups is 1. The van der Waals surface area contributed by atoms with Crippen molar-refractivity contribution in [2.24, 2.45) is 4.99 Å². The first-order valence-electron chi connectivity index (χ1n) is 6.84. The number of hydrogen-bond donors (Lipinski definition) is 0. The van der Waals surface area contributed by atoms with Crippen LogP contribution in [-0.2, 0) is 10.2 Å². The predicted octanol–water partition coefficient (Wildman–Crippen LogP) is 3.77.